The van der Waals surface area contributed by atoms with E-state index in [1.165, 1.54) is 29.6 Å². The summed E-state index contributed by atoms with van der Waals surface area (Å²) in [5.41, 5.74) is 7.77. The van der Waals surface area contributed by atoms with E-state index in [9.17, 15) is 23.6 Å². The van der Waals surface area contributed by atoms with Crippen LogP contribution in [0.2, 0.25) is 0 Å². The van der Waals surface area contributed by atoms with E-state index >= 15 is 0 Å². The van der Waals surface area contributed by atoms with Crippen molar-refractivity contribution >= 4 is 23.4 Å². The number of benzene rings is 2. The summed E-state index contributed by atoms with van der Waals surface area (Å²) in [7, 11) is 0. The highest BCUT2D eigenvalue weighted by molar-refractivity contribution is 6.05. The van der Waals surface area contributed by atoms with Crippen molar-refractivity contribution < 1.29 is 27.9 Å². The molecule has 1 aromatic heterocycles. The third-order valence-corrected chi connectivity index (χ3v) is 7.33. The van der Waals surface area contributed by atoms with Gasteiger partial charge < -0.3 is 20.6 Å². The van der Waals surface area contributed by atoms with Crippen molar-refractivity contribution in [2.24, 2.45) is 5.92 Å². The number of nitrogen functional groups attached to an aromatic ring is 1. The first kappa shape index (κ1) is 28.6. The number of halogens is 2. The summed E-state index contributed by atoms with van der Waals surface area (Å²) >= 11 is 0. The summed E-state index contributed by atoms with van der Waals surface area (Å²) in [5.74, 6) is -2.80. The second kappa shape index (κ2) is 11.9. The third kappa shape index (κ3) is 6.06. The molecule has 0 radical (unpaired) electrons. The van der Waals surface area contributed by atoms with Crippen molar-refractivity contribution in [3.8, 4) is 23.1 Å². The van der Waals surface area contributed by atoms with Crippen LogP contribution >= 0.6 is 0 Å². The Hall–Kier alpha value is -4.89. The molecule has 2 heterocycles. The van der Waals surface area contributed by atoms with Gasteiger partial charge in [-0.25, -0.2) is 23.5 Å². The molecule has 1 saturated heterocycles. The van der Waals surface area contributed by atoms with Crippen LogP contribution in [-0.2, 0) is 9.63 Å². The molecular weight excluding hydrogens is 546 g/mol. The fraction of sp³-hybridized carbons (Fsp3) is 0.300. The number of ether oxygens (including phenoxy) is 1. The van der Waals surface area contributed by atoms with Gasteiger partial charge in [0.1, 0.15) is 30.3 Å². The number of carbonyl (C=O) groups is 2. The summed E-state index contributed by atoms with van der Waals surface area (Å²) in [6, 6.07) is 8.54. The van der Waals surface area contributed by atoms with E-state index in [1.54, 1.807) is 13.0 Å². The molecule has 1 aliphatic heterocycles. The maximum absolute atomic E-state index is 14.9. The molecule has 1 amide bonds. The van der Waals surface area contributed by atoms with Crippen LogP contribution in [-0.4, -0.2) is 46.1 Å². The van der Waals surface area contributed by atoms with Crippen LogP contribution in [0.4, 0.5) is 20.3 Å². The van der Waals surface area contributed by atoms with E-state index in [1.807, 2.05) is 0 Å². The first-order valence-electron chi connectivity index (χ1n) is 13.3. The number of hydrogen-bond acceptors (Lipinski definition) is 9. The topological polar surface area (TPSA) is 143 Å². The Labute approximate surface area is 240 Å². The molecule has 0 unspecified atom stereocenters. The Kier molecular flexibility index (Phi) is 8.13. The highest BCUT2D eigenvalue weighted by Crippen LogP contribution is 2.41. The lowest BCUT2D eigenvalue weighted by Gasteiger charge is -2.23. The van der Waals surface area contributed by atoms with Gasteiger partial charge in [-0.2, -0.15) is 5.26 Å². The molecule has 12 heteroatoms. The van der Waals surface area contributed by atoms with Crippen LogP contribution in [0.25, 0.3) is 11.3 Å². The first-order chi connectivity index (χ1) is 20.2. The number of nitrogens with one attached hydrogen (secondary N) is 1. The van der Waals surface area contributed by atoms with Crippen LogP contribution in [0.1, 0.15) is 46.7 Å². The maximum atomic E-state index is 14.9. The molecule has 5 rings (SSSR count). The number of hydroxylamine groups is 2. The zero-order valence-corrected chi connectivity index (χ0v) is 22.8. The van der Waals surface area contributed by atoms with Crippen molar-refractivity contribution in [3.05, 3.63) is 77.6 Å². The molecule has 10 nitrogen and oxygen atoms in total. The lowest BCUT2D eigenvalue weighted by Crippen LogP contribution is -2.36. The van der Waals surface area contributed by atoms with Gasteiger partial charge in [0, 0.05) is 17.3 Å². The van der Waals surface area contributed by atoms with E-state index < -0.39 is 35.5 Å². The van der Waals surface area contributed by atoms with Crippen LogP contribution in [0.3, 0.4) is 0 Å². The monoisotopic (exact) mass is 574 g/mol. The van der Waals surface area contributed by atoms with Crippen LogP contribution in [0.15, 0.2) is 49.3 Å². The highest BCUT2D eigenvalue weighted by atomic mass is 19.1. The molecule has 2 aromatic carbocycles. The van der Waals surface area contributed by atoms with Crippen molar-refractivity contribution in [2.75, 3.05) is 24.2 Å². The van der Waals surface area contributed by atoms with Crippen molar-refractivity contribution in [3.63, 3.8) is 0 Å². The van der Waals surface area contributed by atoms with Gasteiger partial charge in [0.15, 0.2) is 11.6 Å². The average molecular weight is 575 g/mol. The molecule has 0 spiro atoms. The predicted octanol–water partition coefficient (Wildman–Crippen LogP) is 4.68. The molecule has 2 aliphatic rings. The molecule has 3 aromatic rings. The van der Waals surface area contributed by atoms with Gasteiger partial charge in [-0.15, -0.1) is 5.06 Å². The first-order valence-corrected chi connectivity index (χ1v) is 13.3. The van der Waals surface area contributed by atoms with Crippen LogP contribution < -0.4 is 15.8 Å². The molecule has 2 atom stereocenters. The summed E-state index contributed by atoms with van der Waals surface area (Å²) < 4.78 is 35.6. The van der Waals surface area contributed by atoms with E-state index in [0.717, 1.165) is 30.5 Å². The Bertz CT molecular complexity index is 1600. The molecule has 42 heavy (non-hydrogen) atoms. The largest absolute Gasteiger partial charge is 0.486 e. The lowest BCUT2D eigenvalue weighted by molar-refractivity contribution is -0.190. The SMILES string of the molecule is C=CC(=O)ON1C[C@@H](C#N)C[C@H]1COc1c(N)ncnc1-c1cc(F)cc(NC(=O)c2ccc(C3CC3)cc2F)c1C. The Morgan fingerprint density at radius 2 is 2.05 bits per heavy atom. The number of amides is 1. The van der Waals surface area contributed by atoms with Gasteiger partial charge >= 0.3 is 5.97 Å². The average Bonchev–Trinajstić information content (AvgIpc) is 3.75. The predicted molar refractivity (Wildman–Crippen MR) is 149 cm³/mol. The number of nitrogens with zero attached hydrogens (tertiary/aromatic N) is 4. The molecule has 3 N–H and O–H groups in total. The van der Waals surface area contributed by atoms with Crippen molar-refractivity contribution in [1.82, 2.24) is 15.0 Å². The number of anilines is 2. The van der Waals surface area contributed by atoms with Gasteiger partial charge in [0.05, 0.1) is 30.1 Å². The Morgan fingerprint density at radius 1 is 1.26 bits per heavy atom. The Morgan fingerprint density at radius 3 is 2.74 bits per heavy atom. The second-order valence-electron chi connectivity index (χ2n) is 10.3. The van der Waals surface area contributed by atoms with Crippen molar-refractivity contribution in [1.29, 1.82) is 5.26 Å². The van der Waals surface area contributed by atoms with E-state index in [2.05, 4.69) is 27.9 Å². The summed E-state index contributed by atoms with van der Waals surface area (Å²) in [6.45, 7) is 5.16. The van der Waals surface area contributed by atoms with Gasteiger partial charge in [0.2, 0.25) is 0 Å². The van der Waals surface area contributed by atoms with E-state index in [4.69, 9.17) is 15.3 Å². The van der Waals surface area contributed by atoms with Gasteiger partial charge in [0.25, 0.3) is 5.91 Å². The summed E-state index contributed by atoms with van der Waals surface area (Å²) in [4.78, 5) is 38.3. The molecule has 216 valence electrons. The van der Waals surface area contributed by atoms with Crippen LogP contribution in [0.5, 0.6) is 5.75 Å². The normalized spacial score (nSPS) is 18.2. The van der Waals surface area contributed by atoms with Crippen LogP contribution in [0, 0.1) is 35.8 Å². The maximum Gasteiger partial charge on any atom is 0.349 e. The smallest absolute Gasteiger partial charge is 0.349 e. The zero-order chi connectivity index (χ0) is 30.0. The summed E-state index contributed by atoms with van der Waals surface area (Å²) in [5, 5.41) is 13.3. The molecule has 2 fully saturated rings. The van der Waals surface area contributed by atoms with Crippen molar-refractivity contribution in [2.45, 2.75) is 38.1 Å². The summed E-state index contributed by atoms with van der Waals surface area (Å²) in [6.07, 6.45) is 4.56. The van der Waals surface area contributed by atoms with Gasteiger partial charge in [-0.05, 0) is 67.5 Å². The highest BCUT2D eigenvalue weighted by Gasteiger charge is 2.36. The number of nitriles is 1. The van der Waals surface area contributed by atoms with Gasteiger partial charge in [-0.1, -0.05) is 12.6 Å². The number of hydrogen-bond donors (Lipinski definition) is 2. The quantitative estimate of drug-likeness (QED) is 0.348. The van der Waals surface area contributed by atoms with E-state index in [0.29, 0.717) is 17.9 Å². The van der Waals surface area contributed by atoms with E-state index in [-0.39, 0.29) is 47.2 Å². The zero-order valence-electron chi connectivity index (χ0n) is 22.8. The molecule has 0 bridgehead atoms. The minimum Gasteiger partial charge on any atom is -0.486 e. The third-order valence-electron chi connectivity index (χ3n) is 7.33. The molecule has 1 saturated carbocycles. The minimum atomic E-state index is -0.726. The molecular formula is C30H28F2N6O4. The van der Waals surface area contributed by atoms with Gasteiger partial charge in [-0.3, -0.25) is 4.79 Å². The number of aromatic nitrogens is 2. The lowest BCUT2D eigenvalue weighted by atomic mass is 10.0. The number of carbonyl (C=O) groups excluding carboxylic acids is 2. The number of nitrogens with two attached hydrogens (primary N) is 1. The second-order valence-corrected chi connectivity index (χ2v) is 10.3. The fourth-order valence-corrected chi connectivity index (χ4v) is 4.93. The fourth-order valence-electron chi connectivity index (χ4n) is 4.93. The standard InChI is InChI=1S/C30H28F2N6O4/c1-3-26(39)42-38-13-17(12-33)8-21(38)14-41-28-27(35-15-36-29(28)34)23-10-20(31)11-25(16(23)2)37-30(40)22-7-6-19(9-24(22)32)18-4-5-18/h3,6-7,9-11,15,17-18,21H,1,4-5,8,13-14H2,2H3,(H,37,40)(H2,34,35,36)/t17-,21+/m1/s1. The Balaban J connectivity index is 1.40. The minimum absolute atomic E-state index is 0.0310. The molecule has 1 aliphatic carbocycles. The number of rotatable bonds is 9.